The number of rotatable bonds is 0. The van der Waals surface area contributed by atoms with Gasteiger partial charge in [-0.05, 0) is 5.69 Å². The van der Waals surface area contributed by atoms with E-state index >= 15 is 0 Å². The molecule has 0 amide bonds. The number of ether oxygens (including phenoxy) is 1. The van der Waals surface area contributed by atoms with Crippen LogP contribution in [0.5, 0.6) is 5.75 Å². The van der Waals surface area contributed by atoms with Gasteiger partial charge in [0.05, 0.1) is 0 Å². The van der Waals surface area contributed by atoms with Gasteiger partial charge < -0.3 is 9.64 Å². The van der Waals surface area contributed by atoms with Crippen molar-refractivity contribution in [1.82, 2.24) is 0 Å². The number of likely N-dealkylation sites (N-methyl/N-ethyl adjacent to an activating group) is 1. The summed E-state index contributed by atoms with van der Waals surface area (Å²) in [6.07, 6.45) is 0. The van der Waals surface area contributed by atoms with Crippen LogP contribution in [-0.2, 0) is 51.3 Å². The van der Waals surface area contributed by atoms with Gasteiger partial charge in [0.15, 0.2) is 0 Å². The molecule has 5 heteroatoms. The third kappa shape index (κ3) is 4.13. The maximum Gasteiger partial charge on any atom is 0.0141 e. The second-order valence-corrected chi connectivity index (χ2v) is 3.18. The molecule has 0 aliphatic carbocycles. The molecule has 1 aromatic rings. The Morgan fingerprint density at radius 2 is 2.12 bits per heavy atom. The van der Waals surface area contributed by atoms with Gasteiger partial charge in [0.1, 0.15) is 0 Å². The molecule has 0 saturated carbocycles. The second kappa shape index (κ2) is 8.30. The molecule has 2 rings (SSSR count). The van der Waals surface area contributed by atoms with Gasteiger partial charge in [-0.3, -0.25) is 0 Å². The fourth-order valence-corrected chi connectivity index (χ4v) is 1.28. The summed E-state index contributed by atoms with van der Waals surface area (Å²) in [4.78, 5) is 1.96. The fourth-order valence-electron chi connectivity index (χ4n) is 1.28. The van der Waals surface area contributed by atoms with E-state index in [1.54, 1.807) is 6.61 Å². The van der Waals surface area contributed by atoms with Crippen LogP contribution in [0.3, 0.4) is 0 Å². The molecular formula is C11H11NOUVY-2. The molecular weight excluding hydrogens is 540 g/mol. The third-order valence-electron chi connectivity index (χ3n) is 2.12. The number of nitrogens with zero attached hydrogens (tertiary/aromatic N) is 1. The van der Waals surface area contributed by atoms with Crippen LogP contribution in [0.15, 0.2) is 24.4 Å². The summed E-state index contributed by atoms with van der Waals surface area (Å²) in [5, 5.41) is 0. The van der Waals surface area contributed by atoms with Crippen LogP contribution < -0.4 is 9.64 Å². The van der Waals surface area contributed by atoms with E-state index in [1.807, 2.05) is 31.0 Å². The van der Waals surface area contributed by atoms with Crippen molar-refractivity contribution in [2.75, 3.05) is 11.9 Å². The zero-order chi connectivity index (χ0) is 9.42. The van der Waals surface area contributed by atoms with Gasteiger partial charge in [0.25, 0.3) is 0 Å². The number of aryl methyl sites for hydroxylation is 1. The van der Waals surface area contributed by atoms with Crippen molar-refractivity contribution < 1.29 is 87.1 Å². The van der Waals surface area contributed by atoms with Crippen molar-refractivity contribution in [3.8, 4) is 5.75 Å². The standard InChI is InChI=1S/C11H11NO.U.V.Y/c1-8-4-5-10-11(6-8)13-7-9(2)12(10)3;;;/h4,6-7H,2H2,1,3H3;;;/q-2;;;. The minimum Gasteiger partial charge on any atom is -0.606 e. The Labute approximate surface area is 158 Å². The molecule has 1 aromatic carbocycles. The van der Waals surface area contributed by atoms with Crippen LogP contribution in [0.25, 0.3) is 0 Å². The molecule has 1 aliphatic heterocycles. The average molecular weight is 551 g/mol. The molecule has 0 atom stereocenters. The van der Waals surface area contributed by atoms with Crippen molar-refractivity contribution in [3.05, 3.63) is 42.6 Å². The summed E-state index contributed by atoms with van der Waals surface area (Å²) in [7, 11) is 1.95. The summed E-state index contributed by atoms with van der Waals surface area (Å²) in [5.74, 6) is 0.843. The fraction of sp³-hybridized carbons (Fsp3) is 0.182. The smallest absolute Gasteiger partial charge is 0.0141 e. The largest absolute Gasteiger partial charge is 0.606 e. The van der Waals surface area contributed by atoms with Gasteiger partial charge in [-0.25, -0.2) is 6.58 Å². The minimum absolute atomic E-state index is 0. The molecule has 0 spiro atoms. The number of benzene rings is 1. The molecule has 1 aliphatic rings. The Bertz CT molecular complexity index is 373. The first-order valence-electron chi connectivity index (χ1n) is 4.13. The monoisotopic (exact) mass is 551 g/mol. The molecule has 80 valence electrons. The zero-order valence-corrected chi connectivity index (χ0v) is 17.7. The van der Waals surface area contributed by atoms with E-state index in [9.17, 15) is 0 Å². The Kier molecular flexibility index (Phi) is 10.1. The normalized spacial score (nSPS) is 11.9. The Balaban J connectivity index is 0. The van der Waals surface area contributed by atoms with Gasteiger partial charge in [-0.1, -0.05) is 19.2 Å². The molecule has 16 heavy (non-hydrogen) atoms. The summed E-state index contributed by atoms with van der Waals surface area (Å²) in [6, 6.07) is 7.09. The molecule has 0 bridgehead atoms. The van der Waals surface area contributed by atoms with Crippen molar-refractivity contribution in [2.24, 2.45) is 0 Å². The molecule has 0 aromatic heterocycles. The van der Waals surface area contributed by atoms with Gasteiger partial charge in [-0.2, -0.15) is 17.7 Å². The molecule has 0 unspecified atom stereocenters. The Morgan fingerprint density at radius 3 is 2.75 bits per heavy atom. The number of anilines is 1. The van der Waals surface area contributed by atoms with Crippen molar-refractivity contribution in [1.29, 1.82) is 0 Å². The zero-order valence-electron chi connectivity index (χ0n) is 9.32. The van der Waals surface area contributed by atoms with Crippen LogP contribution >= 0.6 is 0 Å². The van der Waals surface area contributed by atoms with Crippen LogP contribution in [0.1, 0.15) is 5.56 Å². The maximum atomic E-state index is 5.39. The van der Waals surface area contributed by atoms with Crippen molar-refractivity contribution in [3.63, 3.8) is 0 Å². The van der Waals surface area contributed by atoms with E-state index in [-0.39, 0.29) is 82.4 Å². The van der Waals surface area contributed by atoms with E-state index in [0.29, 0.717) is 0 Å². The maximum absolute atomic E-state index is 5.39. The molecule has 0 saturated heterocycles. The van der Waals surface area contributed by atoms with E-state index in [2.05, 4.69) is 12.6 Å². The summed E-state index contributed by atoms with van der Waals surface area (Å²) >= 11 is 0. The number of hydrogen-bond acceptors (Lipinski definition) is 2. The van der Waals surface area contributed by atoms with E-state index in [0.717, 1.165) is 22.7 Å². The minimum atomic E-state index is 0. The predicted molar refractivity (Wildman–Crippen MR) is 52.5 cm³/mol. The third-order valence-corrected chi connectivity index (χ3v) is 2.12. The average Bonchev–Trinajstić information content (AvgIpc) is 2.12. The van der Waals surface area contributed by atoms with Crippen LogP contribution in [-0.4, -0.2) is 7.05 Å². The predicted octanol–water partition coefficient (Wildman–Crippen LogP) is 2.29. The van der Waals surface area contributed by atoms with Gasteiger partial charge in [-0.15, -0.1) is 6.07 Å². The van der Waals surface area contributed by atoms with Crippen LogP contribution in [0.2, 0.25) is 0 Å². The Morgan fingerprint density at radius 1 is 1.50 bits per heavy atom. The summed E-state index contributed by atoms with van der Waals surface area (Å²) in [6.45, 7) is 7.51. The SMILES string of the molecule is C=C1[CH-]Oc2cc(C)c[c-]c2N1C.[U].[V].[Y]. The first-order valence-corrected chi connectivity index (χ1v) is 4.13. The van der Waals surface area contributed by atoms with Gasteiger partial charge >= 0.3 is 0 Å². The summed E-state index contributed by atoms with van der Waals surface area (Å²) in [5.41, 5.74) is 2.93. The van der Waals surface area contributed by atoms with Crippen LogP contribution in [0, 0.1) is 50.7 Å². The molecule has 2 nitrogen and oxygen atoms in total. The van der Waals surface area contributed by atoms with Gasteiger partial charge in [0.2, 0.25) is 0 Å². The van der Waals surface area contributed by atoms with E-state index in [4.69, 9.17) is 4.74 Å². The molecule has 0 fully saturated rings. The Hall–Kier alpha value is 1.17. The van der Waals surface area contributed by atoms with Crippen molar-refractivity contribution >= 4 is 5.69 Å². The topological polar surface area (TPSA) is 12.5 Å². The first-order chi connectivity index (χ1) is 6.18. The molecule has 1 heterocycles. The molecule has 2 radical (unpaired) electrons. The van der Waals surface area contributed by atoms with Crippen LogP contribution in [0.4, 0.5) is 5.69 Å². The number of hydrogen-bond donors (Lipinski definition) is 0. The van der Waals surface area contributed by atoms with Crippen molar-refractivity contribution in [2.45, 2.75) is 6.92 Å². The van der Waals surface area contributed by atoms with E-state index in [1.165, 1.54) is 0 Å². The molecule has 0 N–H and O–H groups in total. The van der Waals surface area contributed by atoms with E-state index < -0.39 is 0 Å². The van der Waals surface area contributed by atoms with Gasteiger partial charge in [0, 0.05) is 95.2 Å². The quantitative estimate of drug-likeness (QED) is 0.460. The number of fused-ring (bicyclic) bond motifs is 1. The first kappa shape index (κ1) is 19.5. The summed E-state index contributed by atoms with van der Waals surface area (Å²) < 4.78 is 5.39. The second-order valence-electron chi connectivity index (χ2n) is 3.18.